The second-order valence-corrected chi connectivity index (χ2v) is 8.12. The van der Waals surface area contributed by atoms with E-state index < -0.39 is 0 Å². The monoisotopic (exact) mass is 429 g/mol. The number of hydrogen-bond donors (Lipinski definition) is 0. The molecule has 0 saturated carbocycles. The van der Waals surface area contributed by atoms with Crippen LogP contribution in [-0.2, 0) is 0 Å². The highest BCUT2D eigenvalue weighted by Crippen LogP contribution is 2.36. The Morgan fingerprint density at radius 2 is 1.67 bits per heavy atom. The molecule has 0 saturated heterocycles. The summed E-state index contributed by atoms with van der Waals surface area (Å²) in [5.74, 6) is 0. The van der Waals surface area contributed by atoms with E-state index in [1.165, 1.54) is 0 Å². The number of hydrogen-bond acceptors (Lipinski definition) is 4. The number of halogens is 1. The normalized spacial score (nSPS) is 11.0. The van der Waals surface area contributed by atoms with Crippen molar-refractivity contribution in [3.8, 4) is 22.6 Å². The number of pyridine rings is 1. The molecule has 7 heteroatoms. The minimum Gasteiger partial charge on any atom is -0.306 e. The van der Waals surface area contributed by atoms with Gasteiger partial charge in [0.25, 0.3) is 0 Å². The van der Waals surface area contributed by atoms with Crippen molar-refractivity contribution in [3.63, 3.8) is 0 Å². The van der Waals surface area contributed by atoms with Gasteiger partial charge >= 0.3 is 0 Å². The van der Waals surface area contributed by atoms with Crippen LogP contribution < -0.4 is 0 Å². The molecule has 146 valence electrons. The fourth-order valence-corrected chi connectivity index (χ4v) is 4.15. The summed E-state index contributed by atoms with van der Waals surface area (Å²) in [6.45, 7) is 0. The van der Waals surface area contributed by atoms with Gasteiger partial charge in [-0.05, 0) is 48.5 Å². The minimum absolute atomic E-state index is 0.723. The van der Waals surface area contributed by atoms with Gasteiger partial charge < -0.3 is 4.57 Å². The minimum atomic E-state index is 0.723. The van der Waals surface area contributed by atoms with Crippen molar-refractivity contribution in [3.05, 3.63) is 103 Å². The molecule has 5 aromatic rings. The zero-order chi connectivity index (χ0) is 20.3. The number of imidazole rings is 1. The predicted molar refractivity (Wildman–Crippen MR) is 119 cm³/mol. The van der Waals surface area contributed by atoms with Crippen molar-refractivity contribution < 1.29 is 0 Å². The van der Waals surface area contributed by atoms with E-state index in [9.17, 15) is 0 Å². The highest BCUT2D eigenvalue weighted by molar-refractivity contribution is 7.99. The molecule has 0 unspecified atom stereocenters. The fourth-order valence-electron chi connectivity index (χ4n) is 3.09. The second kappa shape index (κ2) is 8.18. The van der Waals surface area contributed by atoms with Crippen LogP contribution in [0.4, 0.5) is 0 Å². The molecular formula is C23H16ClN5S. The number of aromatic nitrogens is 5. The van der Waals surface area contributed by atoms with Crippen molar-refractivity contribution in [2.75, 3.05) is 0 Å². The van der Waals surface area contributed by atoms with Gasteiger partial charge in [0.15, 0.2) is 0 Å². The molecule has 0 aliphatic rings. The summed E-state index contributed by atoms with van der Waals surface area (Å²) >= 11 is 7.70. The summed E-state index contributed by atoms with van der Waals surface area (Å²) in [6, 6.07) is 20.0. The van der Waals surface area contributed by atoms with Gasteiger partial charge in [-0.15, -0.1) is 0 Å². The summed E-state index contributed by atoms with van der Waals surface area (Å²) in [5, 5.41) is 5.59. The average Bonchev–Trinajstić information content (AvgIpc) is 3.47. The van der Waals surface area contributed by atoms with Gasteiger partial charge in [-0.2, -0.15) is 5.10 Å². The van der Waals surface area contributed by atoms with Crippen LogP contribution in [0.1, 0.15) is 0 Å². The molecule has 0 amide bonds. The molecule has 0 radical (unpaired) electrons. The van der Waals surface area contributed by atoms with Gasteiger partial charge in [-0.25, -0.2) is 9.67 Å². The maximum absolute atomic E-state index is 6.04. The highest BCUT2D eigenvalue weighted by Gasteiger charge is 2.14. The van der Waals surface area contributed by atoms with Crippen LogP contribution in [-0.4, -0.2) is 24.3 Å². The maximum Gasteiger partial charge on any atom is 0.107 e. The van der Waals surface area contributed by atoms with E-state index in [2.05, 4.69) is 34.2 Å². The first kappa shape index (κ1) is 18.7. The van der Waals surface area contributed by atoms with Crippen molar-refractivity contribution in [1.82, 2.24) is 24.3 Å². The SMILES string of the molecule is Clc1ccc(Sc2cn(-c3cccnc3)nc2-c2ccc(-n3ccnc3)cc2)cc1. The highest BCUT2D eigenvalue weighted by atomic mass is 35.5. The van der Waals surface area contributed by atoms with Crippen LogP contribution in [0, 0.1) is 0 Å². The van der Waals surface area contributed by atoms with Crippen LogP contribution in [0.3, 0.4) is 0 Å². The van der Waals surface area contributed by atoms with E-state index in [0.717, 1.165) is 37.4 Å². The first-order chi connectivity index (χ1) is 14.8. The number of rotatable bonds is 5. The van der Waals surface area contributed by atoms with Gasteiger partial charge in [-0.1, -0.05) is 35.5 Å². The zero-order valence-electron chi connectivity index (χ0n) is 15.8. The maximum atomic E-state index is 6.04. The van der Waals surface area contributed by atoms with E-state index in [1.54, 1.807) is 36.7 Å². The quantitative estimate of drug-likeness (QED) is 0.347. The summed E-state index contributed by atoms with van der Waals surface area (Å²) < 4.78 is 3.84. The molecule has 5 nitrogen and oxygen atoms in total. The first-order valence-electron chi connectivity index (χ1n) is 9.28. The molecule has 0 aliphatic heterocycles. The van der Waals surface area contributed by atoms with E-state index in [1.807, 2.05) is 58.0 Å². The summed E-state index contributed by atoms with van der Waals surface area (Å²) in [7, 11) is 0. The Kier molecular flexibility index (Phi) is 5.09. The third-order valence-electron chi connectivity index (χ3n) is 4.58. The van der Waals surface area contributed by atoms with Crippen molar-refractivity contribution in [2.24, 2.45) is 0 Å². The van der Waals surface area contributed by atoms with Crippen molar-refractivity contribution >= 4 is 23.4 Å². The molecule has 0 bridgehead atoms. The van der Waals surface area contributed by atoms with Gasteiger partial charge in [0.1, 0.15) is 5.69 Å². The lowest BCUT2D eigenvalue weighted by Crippen LogP contribution is -1.95. The standard InChI is InChI=1S/C23H16ClN5S/c24-18-5-9-21(10-6-18)30-22-15-29(20-2-1-11-25-14-20)27-23(22)17-3-7-19(8-4-17)28-13-12-26-16-28/h1-16H. The van der Waals surface area contributed by atoms with Gasteiger partial charge in [-0.3, -0.25) is 4.98 Å². The van der Waals surface area contributed by atoms with Gasteiger partial charge in [0.2, 0.25) is 0 Å². The smallest absolute Gasteiger partial charge is 0.107 e. The first-order valence-corrected chi connectivity index (χ1v) is 10.5. The third-order valence-corrected chi connectivity index (χ3v) is 5.85. The predicted octanol–water partition coefficient (Wildman–Crippen LogP) is 5.92. The molecule has 0 aliphatic carbocycles. The summed E-state index contributed by atoms with van der Waals surface area (Å²) in [4.78, 5) is 10.5. The van der Waals surface area contributed by atoms with Crippen LogP contribution in [0.25, 0.3) is 22.6 Å². The number of benzene rings is 2. The Balaban J connectivity index is 1.55. The lowest BCUT2D eigenvalue weighted by molar-refractivity contribution is 0.876. The Morgan fingerprint density at radius 3 is 2.37 bits per heavy atom. The molecule has 2 aromatic carbocycles. The van der Waals surface area contributed by atoms with Crippen LogP contribution in [0.5, 0.6) is 0 Å². The Labute approximate surface area is 183 Å². The van der Waals surface area contributed by atoms with Crippen molar-refractivity contribution in [1.29, 1.82) is 0 Å². The van der Waals surface area contributed by atoms with Gasteiger partial charge in [0.05, 0.1) is 23.1 Å². The number of nitrogens with zero attached hydrogens (tertiary/aromatic N) is 5. The Bertz CT molecular complexity index is 1250. The van der Waals surface area contributed by atoms with Gasteiger partial charge in [0, 0.05) is 46.0 Å². The fraction of sp³-hybridized carbons (Fsp3) is 0. The van der Waals surface area contributed by atoms with E-state index in [4.69, 9.17) is 16.7 Å². The van der Waals surface area contributed by atoms with Crippen LogP contribution in [0.2, 0.25) is 5.02 Å². The van der Waals surface area contributed by atoms with Crippen molar-refractivity contribution in [2.45, 2.75) is 9.79 Å². The molecule has 3 aromatic heterocycles. The Morgan fingerprint density at radius 1 is 0.833 bits per heavy atom. The summed E-state index contributed by atoms with van der Waals surface area (Å²) in [6.07, 6.45) is 11.1. The van der Waals surface area contributed by atoms with E-state index >= 15 is 0 Å². The van der Waals surface area contributed by atoms with Crippen LogP contribution in [0.15, 0.2) is 108 Å². The molecular weight excluding hydrogens is 414 g/mol. The molecule has 0 fully saturated rings. The largest absolute Gasteiger partial charge is 0.306 e. The lowest BCUT2D eigenvalue weighted by atomic mass is 10.1. The van der Waals surface area contributed by atoms with Crippen LogP contribution >= 0.6 is 23.4 Å². The second-order valence-electron chi connectivity index (χ2n) is 6.57. The zero-order valence-corrected chi connectivity index (χ0v) is 17.3. The molecule has 5 rings (SSSR count). The molecule has 30 heavy (non-hydrogen) atoms. The molecule has 0 spiro atoms. The third kappa shape index (κ3) is 3.87. The Hall–Kier alpha value is -3.35. The lowest BCUT2D eigenvalue weighted by Gasteiger charge is -2.05. The molecule has 0 atom stereocenters. The van der Waals surface area contributed by atoms with E-state index in [-0.39, 0.29) is 0 Å². The topological polar surface area (TPSA) is 48.5 Å². The van der Waals surface area contributed by atoms with E-state index in [0.29, 0.717) is 0 Å². The molecule has 0 N–H and O–H groups in total. The molecule has 3 heterocycles. The average molecular weight is 430 g/mol. The summed E-state index contributed by atoms with van der Waals surface area (Å²) in [5.41, 5.74) is 3.92.